The monoisotopic (exact) mass is 390 g/mol. The highest BCUT2D eigenvalue weighted by atomic mass is 19.1. The fourth-order valence-corrected chi connectivity index (χ4v) is 3.50. The molecular formula is C23H23FN4O. The summed E-state index contributed by atoms with van der Waals surface area (Å²) in [6.45, 7) is 4.70. The lowest BCUT2D eigenvalue weighted by Crippen LogP contribution is -2.48. The predicted octanol–water partition coefficient (Wildman–Crippen LogP) is 4.24. The summed E-state index contributed by atoms with van der Waals surface area (Å²) in [4.78, 5) is 21.2. The summed E-state index contributed by atoms with van der Waals surface area (Å²) < 4.78 is 13.1. The van der Waals surface area contributed by atoms with Gasteiger partial charge in [0.1, 0.15) is 5.82 Å². The number of carbonyl (C=O) groups is 1. The van der Waals surface area contributed by atoms with Crippen LogP contribution < -0.4 is 10.2 Å². The number of amides is 1. The topological polar surface area (TPSA) is 48.5 Å². The normalized spacial score (nSPS) is 14.0. The maximum Gasteiger partial charge on any atom is 0.255 e. The van der Waals surface area contributed by atoms with Crippen LogP contribution in [0.25, 0.3) is 0 Å². The van der Waals surface area contributed by atoms with Crippen LogP contribution in [-0.2, 0) is 0 Å². The first-order chi connectivity index (χ1) is 14.1. The molecule has 29 heavy (non-hydrogen) atoms. The van der Waals surface area contributed by atoms with Gasteiger partial charge < -0.3 is 15.1 Å². The zero-order valence-corrected chi connectivity index (χ0v) is 16.3. The first-order valence-corrected chi connectivity index (χ1v) is 9.68. The Morgan fingerprint density at radius 3 is 2.45 bits per heavy atom. The van der Waals surface area contributed by atoms with Crippen molar-refractivity contribution in [2.75, 3.05) is 36.4 Å². The van der Waals surface area contributed by atoms with E-state index in [1.165, 1.54) is 12.1 Å². The van der Waals surface area contributed by atoms with Crippen molar-refractivity contribution in [1.29, 1.82) is 0 Å². The third kappa shape index (κ3) is 4.37. The van der Waals surface area contributed by atoms with E-state index in [0.717, 1.165) is 22.6 Å². The number of aryl methyl sites for hydroxylation is 1. The molecule has 0 unspecified atom stereocenters. The fraction of sp³-hybridized carbons (Fsp3) is 0.217. The molecule has 2 aromatic carbocycles. The molecule has 1 amide bonds. The van der Waals surface area contributed by atoms with E-state index in [1.807, 2.05) is 42.2 Å². The Bertz CT molecular complexity index is 998. The number of halogens is 1. The van der Waals surface area contributed by atoms with Crippen LogP contribution in [0.3, 0.4) is 0 Å². The minimum absolute atomic E-state index is 0.0234. The number of carbonyl (C=O) groups excluding carboxylic acids is 1. The smallest absolute Gasteiger partial charge is 0.255 e. The zero-order chi connectivity index (χ0) is 20.2. The van der Waals surface area contributed by atoms with Gasteiger partial charge in [0.15, 0.2) is 0 Å². The maximum atomic E-state index is 13.1. The van der Waals surface area contributed by atoms with Crippen molar-refractivity contribution in [2.24, 2.45) is 0 Å². The highest BCUT2D eigenvalue weighted by molar-refractivity contribution is 5.95. The molecule has 0 saturated carbocycles. The molecule has 0 spiro atoms. The number of anilines is 3. The third-order valence-electron chi connectivity index (χ3n) is 5.17. The number of pyridine rings is 1. The van der Waals surface area contributed by atoms with E-state index in [2.05, 4.69) is 15.2 Å². The minimum Gasteiger partial charge on any atom is -0.368 e. The molecule has 5 nitrogen and oxygen atoms in total. The third-order valence-corrected chi connectivity index (χ3v) is 5.17. The number of nitrogens with one attached hydrogen (secondary N) is 1. The molecule has 4 rings (SSSR count). The average Bonchev–Trinajstić information content (AvgIpc) is 2.76. The molecule has 0 atom stereocenters. The minimum atomic E-state index is -0.241. The number of piperazine rings is 1. The second kappa shape index (κ2) is 8.31. The average molecular weight is 390 g/mol. The largest absolute Gasteiger partial charge is 0.368 e. The van der Waals surface area contributed by atoms with Gasteiger partial charge >= 0.3 is 0 Å². The summed E-state index contributed by atoms with van der Waals surface area (Å²) in [5.41, 5.74) is 4.45. The van der Waals surface area contributed by atoms with Gasteiger partial charge in [-0.05, 0) is 48.9 Å². The first kappa shape index (κ1) is 18.9. The Balaban J connectivity index is 1.41. The summed E-state index contributed by atoms with van der Waals surface area (Å²) in [5, 5.41) is 3.33. The first-order valence-electron chi connectivity index (χ1n) is 9.68. The lowest BCUT2D eigenvalue weighted by Gasteiger charge is -2.36. The molecule has 6 heteroatoms. The van der Waals surface area contributed by atoms with Gasteiger partial charge in [-0.25, -0.2) is 4.39 Å². The van der Waals surface area contributed by atoms with Crippen LogP contribution in [0.4, 0.5) is 21.5 Å². The van der Waals surface area contributed by atoms with Crippen molar-refractivity contribution < 1.29 is 9.18 Å². The van der Waals surface area contributed by atoms with E-state index in [4.69, 9.17) is 0 Å². The van der Waals surface area contributed by atoms with Crippen LogP contribution in [0.15, 0.2) is 67.0 Å². The maximum absolute atomic E-state index is 13.1. The Morgan fingerprint density at radius 2 is 1.72 bits per heavy atom. The van der Waals surface area contributed by atoms with E-state index < -0.39 is 0 Å². The molecule has 1 N–H and O–H groups in total. The Morgan fingerprint density at radius 1 is 1.00 bits per heavy atom. The van der Waals surface area contributed by atoms with Gasteiger partial charge in [-0.15, -0.1) is 0 Å². The molecule has 148 valence electrons. The van der Waals surface area contributed by atoms with Crippen molar-refractivity contribution >= 4 is 23.0 Å². The Labute approximate surface area is 169 Å². The van der Waals surface area contributed by atoms with Crippen molar-refractivity contribution in [1.82, 2.24) is 9.88 Å². The van der Waals surface area contributed by atoms with Gasteiger partial charge in [0, 0.05) is 43.8 Å². The molecule has 2 heterocycles. The summed E-state index contributed by atoms with van der Waals surface area (Å²) in [6, 6.07) is 16.3. The zero-order valence-electron chi connectivity index (χ0n) is 16.3. The number of rotatable bonds is 4. The second-order valence-electron chi connectivity index (χ2n) is 7.16. The molecule has 1 aliphatic heterocycles. The standard InChI is InChI=1S/C23H23FN4O/c1-17-4-2-3-5-22(17)26-20-14-18(15-25-16-20)23(29)28-12-10-27(11-13-28)21-8-6-19(24)7-9-21/h2-9,14-16,26H,10-13H2,1H3. The summed E-state index contributed by atoms with van der Waals surface area (Å²) >= 11 is 0. The molecule has 0 bridgehead atoms. The van der Waals surface area contributed by atoms with Crippen LogP contribution >= 0.6 is 0 Å². The molecule has 0 radical (unpaired) electrons. The number of nitrogens with zero attached hydrogens (tertiary/aromatic N) is 3. The van der Waals surface area contributed by atoms with Gasteiger partial charge in [-0.3, -0.25) is 9.78 Å². The van der Waals surface area contributed by atoms with Gasteiger partial charge in [0.25, 0.3) is 5.91 Å². The van der Waals surface area contributed by atoms with Crippen molar-refractivity contribution in [3.63, 3.8) is 0 Å². The number of para-hydroxylation sites is 1. The molecule has 1 aromatic heterocycles. The van der Waals surface area contributed by atoms with Crippen LogP contribution in [0.1, 0.15) is 15.9 Å². The quantitative estimate of drug-likeness (QED) is 0.724. The van der Waals surface area contributed by atoms with Gasteiger partial charge in [0.2, 0.25) is 0 Å². The number of hydrogen-bond donors (Lipinski definition) is 1. The van der Waals surface area contributed by atoms with Crippen molar-refractivity contribution in [2.45, 2.75) is 6.92 Å². The van der Waals surface area contributed by atoms with Crippen LogP contribution in [-0.4, -0.2) is 42.0 Å². The fourth-order valence-electron chi connectivity index (χ4n) is 3.50. The van der Waals surface area contributed by atoms with Crippen LogP contribution in [0, 0.1) is 12.7 Å². The van der Waals surface area contributed by atoms with Crippen molar-refractivity contribution in [3.05, 3.63) is 83.9 Å². The summed E-state index contributed by atoms with van der Waals surface area (Å²) in [6.07, 6.45) is 3.33. The molecule has 1 saturated heterocycles. The van der Waals surface area contributed by atoms with E-state index in [1.54, 1.807) is 24.5 Å². The summed E-state index contributed by atoms with van der Waals surface area (Å²) in [7, 11) is 0. The van der Waals surface area contributed by atoms with E-state index in [0.29, 0.717) is 31.7 Å². The number of aromatic nitrogens is 1. The van der Waals surface area contributed by atoms with E-state index >= 15 is 0 Å². The highest BCUT2D eigenvalue weighted by Gasteiger charge is 2.22. The van der Waals surface area contributed by atoms with Crippen molar-refractivity contribution in [3.8, 4) is 0 Å². The second-order valence-corrected chi connectivity index (χ2v) is 7.16. The molecule has 1 fully saturated rings. The van der Waals surface area contributed by atoms with Crippen LogP contribution in [0.2, 0.25) is 0 Å². The van der Waals surface area contributed by atoms with Gasteiger partial charge in [-0.2, -0.15) is 0 Å². The highest BCUT2D eigenvalue weighted by Crippen LogP contribution is 2.22. The Hall–Kier alpha value is -3.41. The molecule has 1 aliphatic rings. The summed E-state index contributed by atoms with van der Waals surface area (Å²) in [5.74, 6) is -0.265. The molecule has 3 aromatic rings. The van der Waals surface area contributed by atoms with Gasteiger partial charge in [-0.1, -0.05) is 18.2 Å². The molecule has 0 aliphatic carbocycles. The lowest BCUT2D eigenvalue weighted by atomic mass is 10.1. The number of benzene rings is 2. The van der Waals surface area contributed by atoms with Crippen LogP contribution in [0.5, 0.6) is 0 Å². The molecular weight excluding hydrogens is 367 g/mol. The number of hydrogen-bond acceptors (Lipinski definition) is 4. The van der Waals surface area contributed by atoms with E-state index in [9.17, 15) is 9.18 Å². The lowest BCUT2D eigenvalue weighted by molar-refractivity contribution is 0.0746. The SMILES string of the molecule is Cc1ccccc1Nc1cncc(C(=O)N2CCN(c3ccc(F)cc3)CC2)c1. The van der Waals surface area contributed by atoms with Gasteiger partial charge in [0.05, 0.1) is 17.4 Å². The Kier molecular flexibility index (Phi) is 5.42. The predicted molar refractivity (Wildman–Crippen MR) is 113 cm³/mol. The van der Waals surface area contributed by atoms with E-state index in [-0.39, 0.29) is 11.7 Å².